The van der Waals surface area contributed by atoms with Crippen molar-refractivity contribution in [2.75, 3.05) is 19.8 Å². The van der Waals surface area contributed by atoms with E-state index in [1.807, 2.05) is 273 Å². The summed E-state index contributed by atoms with van der Waals surface area (Å²) in [6, 6.07) is 95.2. The maximum absolute atomic E-state index is 15.3. The molecule has 15 atom stereocenters. The van der Waals surface area contributed by atoms with Crippen molar-refractivity contribution >= 4 is 29.7 Å². The van der Waals surface area contributed by atoms with Gasteiger partial charge >= 0.3 is 17.9 Å². The van der Waals surface area contributed by atoms with Crippen LogP contribution < -0.4 is 0 Å². The van der Waals surface area contributed by atoms with E-state index in [-0.39, 0.29) is 78.2 Å². The van der Waals surface area contributed by atoms with Gasteiger partial charge in [-0.1, -0.05) is 291 Å². The molecule has 3 saturated heterocycles. The first-order valence-corrected chi connectivity index (χ1v) is 38.4. The van der Waals surface area contributed by atoms with Gasteiger partial charge in [-0.25, -0.2) is 4.79 Å². The van der Waals surface area contributed by atoms with Gasteiger partial charge in [0.1, 0.15) is 60.4 Å². The smallest absolute Gasteiger partial charge is 0.338 e. The van der Waals surface area contributed by atoms with Crippen molar-refractivity contribution < 1.29 is 90.5 Å². The first-order chi connectivity index (χ1) is 54.7. The molecule has 13 rings (SSSR count). The fraction of sp³-hybridized carbons (Fsp3) is 0.308. The van der Waals surface area contributed by atoms with Gasteiger partial charge < -0.3 is 76.2 Å². The Balaban J connectivity index is 0.843. The van der Waals surface area contributed by atoms with E-state index in [0.29, 0.717) is 0 Å². The summed E-state index contributed by atoms with van der Waals surface area (Å²) in [6.07, 6.45) is -18.3. The maximum Gasteiger partial charge on any atom is 0.338 e. The number of hydrogen-bond acceptors (Lipinski definition) is 20. The van der Waals surface area contributed by atoms with E-state index in [1.54, 1.807) is 30.3 Å². The lowest BCUT2D eigenvalue weighted by Gasteiger charge is -2.50. The molecule has 576 valence electrons. The van der Waals surface area contributed by atoms with Gasteiger partial charge in [-0.15, -0.1) is 0 Å². The van der Waals surface area contributed by atoms with E-state index in [9.17, 15) is 14.7 Å². The number of benzene rings is 10. The SMILES string of the molecule is O=C(CCC(=O)O[C@H]1[C@H](O)[C@@H](COCc2ccccc2)O[C@H](OCc2ccccc2)[C@@H]1OC(=O)c1ccccc1)O[C@@H]1[C@@H](OCc2ccccc2)[C@H](O[C@@H]2O[C@H](COCc3ccccc3)[C@H](OCc3ccccc3)[C@H](OCc3ccccc3)[C@H]2OCc2ccccc2)[C@@H](COCc2ccccc2)O[C@H]1Sc1ccccc1. The summed E-state index contributed by atoms with van der Waals surface area (Å²) in [5, 5.41) is 12.4. The number of hydrogen-bond donors (Lipinski definition) is 1. The third kappa shape index (κ3) is 23.7. The molecule has 0 spiro atoms. The molecule has 10 aromatic rings. The highest BCUT2D eigenvalue weighted by atomic mass is 32.2. The zero-order chi connectivity index (χ0) is 76.0. The number of carbonyl (C=O) groups excluding carboxylic acids is 3. The second-order valence-corrected chi connectivity index (χ2v) is 28.3. The third-order valence-electron chi connectivity index (χ3n) is 19.0. The molecule has 1 N–H and O–H groups in total. The lowest BCUT2D eigenvalue weighted by molar-refractivity contribution is -0.358. The van der Waals surface area contributed by atoms with Crippen LogP contribution in [0.1, 0.15) is 67.7 Å². The molecule has 20 heteroatoms. The fourth-order valence-electron chi connectivity index (χ4n) is 13.3. The Morgan fingerprint density at radius 1 is 0.297 bits per heavy atom. The normalized spacial score (nSPS) is 23.7. The van der Waals surface area contributed by atoms with Crippen molar-refractivity contribution in [2.45, 2.75) is 162 Å². The molecule has 10 aromatic carbocycles. The molecule has 3 aliphatic rings. The van der Waals surface area contributed by atoms with Crippen LogP contribution in [0.3, 0.4) is 0 Å². The second-order valence-electron chi connectivity index (χ2n) is 27.1. The summed E-state index contributed by atoms with van der Waals surface area (Å²) in [5.41, 5.74) is 6.10. The molecule has 0 saturated carbocycles. The summed E-state index contributed by atoms with van der Waals surface area (Å²) in [4.78, 5) is 45.0. The van der Waals surface area contributed by atoms with Gasteiger partial charge in [0.15, 0.2) is 30.9 Å². The minimum absolute atomic E-state index is 0.00251. The van der Waals surface area contributed by atoms with Gasteiger partial charge in [-0.2, -0.15) is 0 Å². The highest BCUT2D eigenvalue weighted by Crippen LogP contribution is 2.41. The number of aliphatic hydroxyl groups excluding tert-OH is 1. The molecule has 3 fully saturated rings. The fourth-order valence-corrected chi connectivity index (χ4v) is 14.4. The predicted molar refractivity (Wildman–Crippen MR) is 413 cm³/mol. The Morgan fingerprint density at radius 2 is 0.622 bits per heavy atom. The molecule has 0 aliphatic carbocycles. The molecule has 3 aliphatic heterocycles. The minimum Gasteiger partial charge on any atom is -0.456 e. The van der Waals surface area contributed by atoms with Crippen molar-refractivity contribution in [1.29, 1.82) is 0 Å². The third-order valence-corrected chi connectivity index (χ3v) is 20.1. The summed E-state index contributed by atoms with van der Waals surface area (Å²) >= 11 is 1.31. The topological polar surface area (TPSA) is 210 Å². The first-order valence-electron chi connectivity index (χ1n) is 37.5. The molecule has 0 radical (unpaired) electrons. The molecule has 3 heterocycles. The van der Waals surface area contributed by atoms with Gasteiger partial charge in [0.2, 0.25) is 0 Å². The van der Waals surface area contributed by atoms with Crippen molar-refractivity contribution in [1.82, 2.24) is 0 Å². The highest BCUT2D eigenvalue weighted by molar-refractivity contribution is 7.99. The molecule has 0 bridgehead atoms. The molecule has 0 amide bonds. The number of esters is 3. The Bertz CT molecular complexity index is 4330. The van der Waals surface area contributed by atoms with Gasteiger partial charge in [-0.05, 0) is 68.8 Å². The predicted octanol–water partition coefficient (Wildman–Crippen LogP) is 14.7. The largest absolute Gasteiger partial charge is 0.456 e. The number of thioether (sulfide) groups is 1. The van der Waals surface area contributed by atoms with Crippen molar-refractivity contribution in [2.24, 2.45) is 0 Å². The van der Waals surface area contributed by atoms with Gasteiger partial charge in [0.05, 0.1) is 91.1 Å². The first kappa shape index (κ1) is 79.5. The average molecular weight is 1520 g/mol. The van der Waals surface area contributed by atoms with Crippen LogP contribution in [0.15, 0.2) is 308 Å². The molecule has 19 nitrogen and oxygen atoms in total. The second kappa shape index (κ2) is 42.2. The zero-order valence-corrected chi connectivity index (χ0v) is 62.2. The molecular formula is C91H92O19S. The van der Waals surface area contributed by atoms with Crippen LogP contribution in [-0.4, -0.2) is 134 Å². The molecule has 0 unspecified atom stereocenters. The van der Waals surface area contributed by atoms with Crippen LogP contribution in [0.5, 0.6) is 0 Å². The summed E-state index contributed by atoms with van der Waals surface area (Å²) in [5.74, 6) is -2.59. The van der Waals surface area contributed by atoms with E-state index in [2.05, 4.69) is 0 Å². The van der Waals surface area contributed by atoms with Gasteiger partial charge in [0.25, 0.3) is 0 Å². The van der Waals surface area contributed by atoms with Gasteiger partial charge in [0, 0.05) is 4.90 Å². The van der Waals surface area contributed by atoms with Crippen molar-refractivity contribution in [3.63, 3.8) is 0 Å². The lowest BCUT2D eigenvalue weighted by Crippen LogP contribution is -2.66. The maximum atomic E-state index is 15.3. The molecule has 0 aromatic heterocycles. The van der Waals surface area contributed by atoms with E-state index < -0.39 is 122 Å². The monoisotopic (exact) mass is 1520 g/mol. The average Bonchev–Trinajstić information content (AvgIpc) is 0.770. The van der Waals surface area contributed by atoms with Gasteiger partial charge in [-0.3, -0.25) is 9.59 Å². The highest BCUT2D eigenvalue weighted by Gasteiger charge is 2.56. The van der Waals surface area contributed by atoms with Crippen LogP contribution >= 0.6 is 11.8 Å². The molecular weight excluding hydrogens is 1430 g/mol. The van der Waals surface area contributed by atoms with Crippen molar-refractivity contribution in [3.05, 3.63) is 353 Å². The number of ether oxygens (including phenoxy) is 15. The van der Waals surface area contributed by atoms with Crippen LogP contribution in [0.2, 0.25) is 0 Å². The van der Waals surface area contributed by atoms with Crippen LogP contribution in [0.4, 0.5) is 0 Å². The van der Waals surface area contributed by atoms with E-state index in [0.717, 1.165) is 49.4 Å². The Labute approximate surface area is 651 Å². The van der Waals surface area contributed by atoms with E-state index >= 15 is 4.79 Å². The van der Waals surface area contributed by atoms with Crippen LogP contribution in [0, 0.1) is 0 Å². The Hall–Kier alpha value is -9.56. The zero-order valence-electron chi connectivity index (χ0n) is 61.4. The Kier molecular flexibility index (Phi) is 30.2. The van der Waals surface area contributed by atoms with E-state index in [1.165, 1.54) is 11.8 Å². The summed E-state index contributed by atoms with van der Waals surface area (Å²) in [7, 11) is 0. The standard InChI is InChI=1S/C91H92O19S/c92-77(107-82-79(94)74(61-96-53-64-31-11-1-12-32-64)104-89(103-60-71-45-25-8-26-46-71)86(82)109-88(95)72-47-27-9-28-48-72)51-52-78(93)108-87-84(101-58-69-41-21-6-22-42-69)81(76(63-98-55-66-35-15-3-16-36-66)106-91(87)111-73-49-29-10-30-50-73)110-90-85(102-59-70-43-23-7-24-44-70)83(100-57-68-39-19-5-20-40-68)80(99-56-67-37-17-4-18-38-67)75(105-90)62-97-54-65-33-13-2-14-34-65/h1-50,74-76,79-87,89-91,94H,51-63H2/t74-,75-,76-,79-,80+,81-,82+,83+,84+,85-,86-,87-,89+,90+,91+/m1/s1. The number of rotatable bonds is 38. The van der Waals surface area contributed by atoms with Crippen molar-refractivity contribution in [3.8, 4) is 0 Å². The van der Waals surface area contributed by atoms with Crippen LogP contribution in [-0.2, 0) is 133 Å². The minimum atomic E-state index is -1.65. The summed E-state index contributed by atoms with van der Waals surface area (Å²) in [6.45, 7) is 0.769. The molecule has 111 heavy (non-hydrogen) atoms. The van der Waals surface area contributed by atoms with E-state index in [4.69, 9.17) is 71.1 Å². The lowest BCUT2D eigenvalue weighted by atomic mass is 9.96. The Morgan fingerprint density at radius 3 is 1.05 bits per heavy atom. The number of carbonyl (C=O) groups is 3. The number of aliphatic hydroxyl groups is 1. The van der Waals surface area contributed by atoms with Crippen LogP contribution in [0.25, 0.3) is 0 Å². The summed E-state index contributed by atoms with van der Waals surface area (Å²) < 4.78 is 103. The quantitative estimate of drug-likeness (QED) is 0.0282.